The first-order valence-corrected chi connectivity index (χ1v) is 6.03. The first kappa shape index (κ1) is 21.1. The molecule has 0 amide bonds. The van der Waals surface area contributed by atoms with Crippen LogP contribution in [0, 0.1) is 0 Å². The van der Waals surface area contributed by atoms with Crippen molar-refractivity contribution in [2.24, 2.45) is 0 Å². The SMILES string of the molecule is CC1(F)CC(F)(CF)C(F)(F)C(F)(CF)C(F)(F)C(F)(F)C1(F)F. The minimum atomic E-state index is -7.29. The Morgan fingerprint density at radius 1 is 0.583 bits per heavy atom. The fourth-order valence-corrected chi connectivity index (χ4v) is 2.37. The monoisotopic (exact) mass is 388 g/mol. The van der Waals surface area contributed by atoms with Gasteiger partial charge in [0.2, 0.25) is 5.67 Å². The quantitative estimate of drug-likeness (QED) is 0.584. The Kier molecular flexibility index (Phi) is 4.45. The van der Waals surface area contributed by atoms with Crippen molar-refractivity contribution in [1.29, 1.82) is 0 Å². The van der Waals surface area contributed by atoms with Crippen molar-refractivity contribution in [3.63, 3.8) is 0 Å². The highest BCUT2D eigenvalue weighted by atomic mass is 19.4. The normalized spacial score (nSPS) is 43.8. The summed E-state index contributed by atoms with van der Waals surface area (Å²) in [6.07, 6.45) is -3.13. The van der Waals surface area contributed by atoms with Crippen LogP contribution in [0.2, 0.25) is 0 Å². The molecule has 1 aliphatic carbocycles. The van der Waals surface area contributed by atoms with Crippen LogP contribution in [0.4, 0.5) is 57.1 Å². The highest BCUT2D eigenvalue weighted by Gasteiger charge is 2.92. The van der Waals surface area contributed by atoms with Gasteiger partial charge < -0.3 is 0 Å². The number of alkyl halides is 13. The lowest BCUT2D eigenvalue weighted by atomic mass is 9.68. The van der Waals surface area contributed by atoms with Gasteiger partial charge in [0.1, 0.15) is 13.3 Å². The molecule has 1 rings (SSSR count). The van der Waals surface area contributed by atoms with Crippen LogP contribution >= 0.6 is 0 Å². The van der Waals surface area contributed by atoms with E-state index in [0.29, 0.717) is 0 Å². The predicted molar refractivity (Wildman–Crippen MR) is 53.5 cm³/mol. The molecule has 1 aliphatic rings. The average molecular weight is 388 g/mol. The molecule has 3 atom stereocenters. The average Bonchev–Trinajstić information content (AvgIpc) is 2.43. The van der Waals surface area contributed by atoms with Crippen molar-refractivity contribution in [2.45, 2.75) is 54.0 Å². The lowest BCUT2D eigenvalue weighted by Crippen LogP contribution is -2.79. The van der Waals surface area contributed by atoms with Gasteiger partial charge in [0.15, 0.2) is 5.67 Å². The zero-order valence-electron chi connectivity index (χ0n) is 11.5. The smallest absolute Gasteiger partial charge is 0.247 e. The highest BCUT2D eigenvalue weighted by Crippen LogP contribution is 2.65. The van der Waals surface area contributed by atoms with Crippen LogP contribution in [0.15, 0.2) is 0 Å². The van der Waals surface area contributed by atoms with Gasteiger partial charge in [0, 0.05) is 6.42 Å². The Morgan fingerprint density at radius 2 is 1.00 bits per heavy atom. The maximum Gasteiger partial charge on any atom is 0.378 e. The predicted octanol–water partition coefficient (Wildman–Crippen LogP) is 5.02. The molecule has 0 heterocycles. The second-order valence-corrected chi connectivity index (χ2v) is 5.71. The fourth-order valence-electron chi connectivity index (χ4n) is 2.37. The van der Waals surface area contributed by atoms with E-state index in [1.165, 1.54) is 0 Å². The van der Waals surface area contributed by atoms with Gasteiger partial charge in [0.25, 0.3) is 5.67 Å². The Bertz CT molecular complexity index is 498. The number of hydrogen-bond acceptors (Lipinski definition) is 0. The molecule has 0 saturated heterocycles. The molecule has 1 saturated carbocycles. The summed E-state index contributed by atoms with van der Waals surface area (Å²) in [6, 6.07) is 0. The molecule has 0 radical (unpaired) electrons. The van der Waals surface area contributed by atoms with Gasteiger partial charge in [-0.15, -0.1) is 0 Å². The Balaban J connectivity index is 3.94. The molecule has 0 aromatic heterocycles. The van der Waals surface area contributed by atoms with Gasteiger partial charge in [0.05, 0.1) is 0 Å². The van der Waals surface area contributed by atoms with E-state index < -0.39 is 67.4 Å². The standard InChI is InChI=1S/C11H9F13/c1-5(14)2-6(15,3-12)9(19,20)7(16,4-13)10(21,22)11(23,24)8(5,17)18/h2-4H2,1H3. The molecule has 13 heteroatoms. The molecular formula is C11H9F13. The minimum Gasteiger partial charge on any atom is -0.247 e. The summed E-state index contributed by atoms with van der Waals surface area (Å²) in [4.78, 5) is 0. The molecule has 0 nitrogen and oxygen atoms in total. The zero-order valence-corrected chi connectivity index (χ0v) is 11.5. The molecule has 0 aliphatic heterocycles. The molecular weight excluding hydrogens is 379 g/mol. The highest BCUT2D eigenvalue weighted by molar-refractivity contribution is 5.24. The topological polar surface area (TPSA) is 0 Å². The molecule has 1 fully saturated rings. The summed E-state index contributed by atoms with van der Waals surface area (Å²) in [5.41, 5.74) is -17.2. The third-order valence-corrected chi connectivity index (χ3v) is 4.01. The van der Waals surface area contributed by atoms with Crippen LogP contribution in [0.1, 0.15) is 13.3 Å². The van der Waals surface area contributed by atoms with E-state index in [0.717, 1.165) is 0 Å². The molecule has 0 N–H and O–H groups in total. The van der Waals surface area contributed by atoms with Crippen LogP contribution in [-0.4, -0.2) is 54.0 Å². The molecule has 24 heavy (non-hydrogen) atoms. The number of halogens is 13. The minimum absolute atomic E-state index is 0.655. The van der Waals surface area contributed by atoms with Crippen LogP contribution in [-0.2, 0) is 0 Å². The molecule has 0 spiro atoms. The molecule has 0 bridgehead atoms. The van der Waals surface area contributed by atoms with E-state index >= 15 is 0 Å². The fraction of sp³-hybridized carbons (Fsp3) is 1.00. The Hall–Kier alpha value is -0.910. The van der Waals surface area contributed by atoms with E-state index in [2.05, 4.69) is 0 Å². The summed E-state index contributed by atoms with van der Waals surface area (Å²) >= 11 is 0. The number of hydrogen-bond donors (Lipinski definition) is 0. The van der Waals surface area contributed by atoms with Gasteiger partial charge in [-0.3, -0.25) is 0 Å². The van der Waals surface area contributed by atoms with Gasteiger partial charge in [-0.1, -0.05) is 0 Å². The van der Waals surface area contributed by atoms with Crippen LogP contribution < -0.4 is 0 Å². The van der Waals surface area contributed by atoms with Gasteiger partial charge in [-0.2, -0.15) is 35.1 Å². The van der Waals surface area contributed by atoms with E-state index in [4.69, 9.17) is 0 Å². The summed E-state index contributed by atoms with van der Waals surface area (Å²) in [5, 5.41) is 0. The largest absolute Gasteiger partial charge is 0.378 e. The lowest BCUT2D eigenvalue weighted by Gasteiger charge is -2.51. The third kappa shape index (κ3) is 2.01. The molecule has 0 aromatic rings. The first-order valence-electron chi connectivity index (χ1n) is 6.03. The zero-order chi connectivity index (χ0) is 19.6. The first-order chi connectivity index (χ1) is 10.3. The summed E-state index contributed by atoms with van der Waals surface area (Å²) in [6.45, 7) is -7.64. The Morgan fingerprint density at radius 3 is 1.33 bits per heavy atom. The maximum absolute atomic E-state index is 14.0. The van der Waals surface area contributed by atoms with Gasteiger partial charge in [-0.25, -0.2) is 22.0 Å². The Labute approximate surface area is 126 Å². The van der Waals surface area contributed by atoms with E-state index in [-0.39, 0.29) is 0 Å². The van der Waals surface area contributed by atoms with E-state index in [1.54, 1.807) is 0 Å². The number of rotatable bonds is 2. The van der Waals surface area contributed by atoms with Crippen molar-refractivity contribution in [3.8, 4) is 0 Å². The van der Waals surface area contributed by atoms with Crippen LogP contribution in [0.5, 0.6) is 0 Å². The van der Waals surface area contributed by atoms with Crippen molar-refractivity contribution in [1.82, 2.24) is 0 Å². The summed E-state index contributed by atoms with van der Waals surface area (Å²) < 4.78 is 175. The van der Waals surface area contributed by atoms with E-state index in [9.17, 15) is 57.1 Å². The van der Waals surface area contributed by atoms with Crippen LogP contribution in [0.25, 0.3) is 0 Å². The van der Waals surface area contributed by atoms with Crippen molar-refractivity contribution >= 4 is 0 Å². The molecule has 144 valence electrons. The molecule has 0 aromatic carbocycles. The third-order valence-electron chi connectivity index (χ3n) is 4.01. The van der Waals surface area contributed by atoms with Crippen LogP contribution in [0.3, 0.4) is 0 Å². The van der Waals surface area contributed by atoms with E-state index in [1.807, 2.05) is 0 Å². The lowest BCUT2D eigenvalue weighted by molar-refractivity contribution is -0.418. The van der Waals surface area contributed by atoms with Crippen molar-refractivity contribution < 1.29 is 57.1 Å². The maximum atomic E-state index is 14.0. The summed E-state index contributed by atoms with van der Waals surface area (Å²) in [7, 11) is 0. The summed E-state index contributed by atoms with van der Waals surface area (Å²) in [5.74, 6) is -27.7. The van der Waals surface area contributed by atoms with Crippen molar-refractivity contribution in [3.05, 3.63) is 0 Å². The molecule has 3 unspecified atom stereocenters. The van der Waals surface area contributed by atoms with Gasteiger partial charge >= 0.3 is 23.7 Å². The van der Waals surface area contributed by atoms with Crippen molar-refractivity contribution in [2.75, 3.05) is 13.3 Å². The van der Waals surface area contributed by atoms with Gasteiger partial charge in [-0.05, 0) is 6.92 Å². The second-order valence-electron chi connectivity index (χ2n) is 5.71. The second kappa shape index (κ2) is 5.05.